The van der Waals surface area contributed by atoms with E-state index >= 15 is 0 Å². The number of carbonyl (C=O) groups excluding carboxylic acids is 1. The van der Waals surface area contributed by atoms with Gasteiger partial charge in [-0.25, -0.2) is 8.42 Å². The summed E-state index contributed by atoms with van der Waals surface area (Å²) in [7, 11) is -3.43. The fourth-order valence-corrected chi connectivity index (χ4v) is 2.57. The molecular formula is C16H16F2N2O4S. The SMILES string of the molecule is CS(=O)(=O)Nc1cccc(C(=O)NCc2ccc(OC(F)F)cc2)c1. The molecule has 2 aromatic rings. The Morgan fingerprint density at radius 1 is 1.16 bits per heavy atom. The van der Waals surface area contributed by atoms with Crippen molar-refractivity contribution in [3.8, 4) is 5.75 Å². The summed E-state index contributed by atoms with van der Waals surface area (Å²) in [4.78, 5) is 12.1. The van der Waals surface area contributed by atoms with Crippen LogP contribution in [-0.4, -0.2) is 27.2 Å². The van der Waals surface area contributed by atoms with Crippen LogP contribution in [0.1, 0.15) is 15.9 Å². The average Bonchev–Trinajstić information content (AvgIpc) is 2.52. The molecule has 134 valence electrons. The van der Waals surface area contributed by atoms with E-state index in [1.165, 1.54) is 24.3 Å². The molecule has 0 aliphatic rings. The first kappa shape index (κ1) is 18.7. The second kappa shape index (κ2) is 7.93. The summed E-state index contributed by atoms with van der Waals surface area (Å²) in [5.41, 5.74) is 1.26. The first-order chi connectivity index (χ1) is 11.7. The maximum atomic E-state index is 12.1. The number of hydrogen-bond acceptors (Lipinski definition) is 4. The molecule has 0 radical (unpaired) electrons. The molecule has 0 spiro atoms. The maximum Gasteiger partial charge on any atom is 0.387 e. The topological polar surface area (TPSA) is 84.5 Å². The van der Waals surface area contributed by atoms with Gasteiger partial charge >= 0.3 is 6.61 Å². The van der Waals surface area contributed by atoms with E-state index in [1.807, 2.05) is 0 Å². The van der Waals surface area contributed by atoms with E-state index in [0.717, 1.165) is 6.26 Å². The molecule has 0 aliphatic carbocycles. The zero-order valence-corrected chi connectivity index (χ0v) is 14.0. The minimum atomic E-state index is -3.43. The number of halogens is 2. The molecule has 1 amide bonds. The van der Waals surface area contributed by atoms with Gasteiger partial charge < -0.3 is 10.1 Å². The lowest BCUT2D eigenvalue weighted by molar-refractivity contribution is -0.0498. The van der Waals surface area contributed by atoms with Crippen molar-refractivity contribution in [3.05, 3.63) is 59.7 Å². The van der Waals surface area contributed by atoms with Crippen LogP contribution in [-0.2, 0) is 16.6 Å². The van der Waals surface area contributed by atoms with Crippen molar-refractivity contribution in [1.82, 2.24) is 5.32 Å². The van der Waals surface area contributed by atoms with Crippen molar-refractivity contribution in [2.24, 2.45) is 0 Å². The number of amides is 1. The summed E-state index contributed by atoms with van der Waals surface area (Å²) in [5.74, 6) is -0.366. The van der Waals surface area contributed by atoms with Crippen molar-refractivity contribution in [2.45, 2.75) is 13.2 Å². The minimum absolute atomic E-state index is 0.0321. The number of carbonyl (C=O) groups is 1. The van der Waals surface area contributed by atoms with E-state index in [4.69, 9.17) is 0 Å². The number of hydrogen-bond donors (Lipinski definition) is 2. The lowest BCUT2D eigenvalue weighted by Crippen LogP contribution is -2.23. The number of alkyl halides is 2. The standard InChI is InChI=1S/C16H16F2N2O4S/c1-25(22,23)20-13-4-2-3-12(9-13)15(21)19-10-11-5-7-14(8-6-11)24-16(17)18/h2-9,16,20H,10H2,1H3,(H,19,21). The first-order valence-corrected chi connectivity index (χ1v) is 9.02. The van der Waals surface area contributed by atoms with Crippen molar-refractivity contribution < 1.29 is 26.7 Å². The number of benzene rings is 2. The zero-order valence-electron chi connectivity index (χ0n) is 13.2. The van der Waals surface area contributed by atoms with Crippen molar-refractivity contribution in [3.63, 3.8) is 0 Å². The van der Waals surface area contributed by atoms with Crippen LogP contribution in [0.4, 0.5) is 14.5 Å². The molecule has 0 saturated carbocycles. The largest absolute Gasteiger partial charge is 0.435 e. The molecule has 0 saturated heterocycles. The Kier molecular flexibility index (Phi) is 5.92. The Balaban J connectivity index is 1.97. The highest BCUT2D eigenvalue weighted by atomic mass is 32.2. The van der Waals surface area contributed by atoms with Crippen LogP contribution in [0.2, 0.25) is 0 Å². The van der Waals surface area contributed by atoms with Crippen LogP contribution in [0.15, 0.2) is 48.5 Å². The van der Waals surface area contributed by atoms with Crippen LogP contribution < -0.4 is 14.8 Å². The Bertz CT molecular complexity index is 839. The molecule has 0 heterocycles. The zero-order chi connectivity index (χ0) is 18.4. The van der Waals surface area contributed by atoms with E-state index in [-0.39, 0.29) is 23.5 Å². The highest BCUT2D eigenvalue weighted by Gasteiger charge is 2.09. The molecule has 25 heavy (non-hydrogen) atoms. The first-order valence-electron chi connectivity index (χ1n) is 7.13. The molecule has 2 rings (SSSR count). The van der Waals surface area contributed by atoms with E-state index < -0.39 is 22.5 Å². The second-order valence-electron chi connectivity index (χ2n) is 5.16. The lowest BCUT2D eigenvalue weighted by atomic mass is 10.1. The molecule has 6 nitrogen and oxygen atoms in total. The van der Waals surface area contributed by atoms with Crippen LogP contribution in [0.5, 0.6) is 5.75 Å². The van der Waals surface area contributed by atoms with Crippen molar-refractivity contribution in [1.29, 1.82) is 0 Å². The molecule has 0 bridgehead atoms. The summed E-state index contributed by atoms with van der Waals surface area (Å²) < 4.78 is 53.1. The highest BCUT2D eigenvalue weighted by molar-refractivity contribution is 7.92. The summed E-state index contributed by atoms with van der Waals surface area (Å²) in [5, 5.41) is 2.66. The highest BCUT2D eigenvalue weighted by Crippen LogP contribution is 2.15. The number of rotatable bonds is 7. The van der Waals surface area contributed by atoms with Crippen LogP contribution in [0, 0.1) is 0 Å². The van der Waals surface area contributed by atoms with Gasteiger partial charge in [-0.15, -0.1) is 0 Å². The van der Waals surface area contributed by atoms with Gasteiger partial charge in [-0.2, -0.15) is 8.78 Å². The van der Waals surface area contributed by atoms with E-state index in [1.54, 1.807) is 24.3 Å². The normalized spacial score (nSPS) is 11.2. The van der Waals surface area contributed by atoms with E-state index in [9.17, 15) is 22.0 Å². The molecule has 2 aromatic carbocycles. The molecule has 0 atom stereocenters. The van der Waals surface area contributed by atoms with Crippen LogP contribution in [0.25, 0.3) is 0 Å². The van der Waals surface area contributed by atoms with Gasteiger partial charge in [0.05, 0.1) is 6.26 Å². The summed E-state index contributed by atoms with van der Waals surface area (Å²) in [6.07, 6.45) is 1.02. The van der Waals surface area contributed by atoms with Gasteiger partial charge in [0.2, 0.25) is 10.0 Å². The molecule has 9 heteroatoms. The minimum Gasteiger partial charge on any atom is -0.435 e. The monoisotopic (exact) mass is 370 g/mol. The Morgan fingerprint density at radius 2 is 1.84 bits per heavy atom. The number of nitrogens with one attached hydrogen (secondary N) is 2. The number of ether oxygens (including phenoxy) is 1. The molecule has 0 aliphatic heterocycles. The second-order valence-corrected chi connectivity index (χ2v) is 6.91. The number of sulfonamides is 1. The Morgan fingerprint density at radius 3 is 2.44 bits per heavy atom. The van der Waals surface area contributed by atoms with Gasteiger partial charge in [0.25, 0.3) is 5.91 Å². The predicted molar refractivity (Wildman–Crippen MR) is 89.2 cm³/mol. The fraction of sp³-hybridized carbons (Fsp3) is 0.188. The lowest BCUT2D eigenvalue weighted by Gasteiger charge is -2.09. The third kappa shape index (κ3) is 6.38. The fourth-order valence-electron chi connectivity index (χ4n) is 2.01. The van der Waals surface area contributed by atoms with Gasteiger partial charge in [0.1, 0.15) is 5.75 Å². The van der Waals surface area contributed by atoms with Gasteiger partial charge in [0, 0.05) is 17.8 Å². The summed E-state index contributed by atoms with van der Waals surface area (Å²) in [6.45, 7) is -2.71. The van der Waals surface area contributed by atoms with Crippen molar-refractivity contribution in [2.75, 3.05) is 11.0 Å². The maximum absolute atomic E-state index is 12.1. The average molecular weight is 370 g/mol. The molecule has 2 N–H and O–H groups in total. The van der Waals surface area contributed by atoms with Gasteiger partial charge in [-0.1, -0.05) is 18.2 Å². The number of anilines is 1. The quantitative estimate of drug-likeness (QED) is 0.785. The van der Waals surface area contributed by atoms with Crippen molar-refractivity contribution >= 4 is 21.6 Å². The van der Waals surface area contributed by atoms with Gasteiger partial charge in [0.15, 0.2) is 0 Å². The predicted octanol–water partition coefficient (Wildman–Crippen LogP) is 2.59. The Hall–Kier alpha value is -2.68. The van der Waals surface area contributed by atoms with Crippen LogP contribution in [0.3, 0.4) is 0 Å². The molecular weight excluding hydrogens is 354 g/mol. The third-order valence-electron chi connectivity index (χ3n) is 3.03. The summed E-state index contributed by atoms with van der Waals surface area (Å²) in [6, 6.07) is 11.9. The third-order valence-corrected chi connectivity index (χ3v) is 3.64. The van der Waals surface area contributed by atoms with Gasteiger partial charge in [-0.3, -0.25) is 9.52 Å². The molecule has 0 aromatic heterocycles. The Labute approximate surface area is 143 Å². The van der Waals surface area contributed by atoms with E-state index in [0.29, 0.717) is 5.56 Å². The molecule has 0 fully saturated rings. The van der Waals surface area contributed by atoms with E-state index in [2.05, 4.69) is 14.8 Å². The molecule has 0 unspecified atom stereocenters. The smallest absolute Gasteiger partial charge is 0.387 e. The van der Waals surface area contributed by atoms with Crippen LogP contribution >= 0.6 is 0 Å². The summed E-state index contributed by atoms with van der Waals surface area (Å²) >= 11 is 0. The van der Waals surface area contributed by atoms with Gasteiger partial charge in [-0.05, 0) is 35.9 Å².